The van der Waals surface area contributed by atoms with Crippen LogP contribution in [0.5, 0.6) is 23.0 Å². The highest BCUT2D eigenvalue weighted by molar-refractivity contribution is 7.91. The van der Waals surface area contributed by atoms with Crippen molar-refractivity contribution in [2.75, 3.05) is 27.4 Å². The molecule has 4 rings (SSSR count). The molecule has 0 saturated heterocycles. The van der Waals surface area contributed by atoms with Gasteiger partial charge in [-0.05, 0) is 66.8 Å². The summed E-state index contributed by atoms with van der Waals surface area (Å²) in [7, 11) is -0.954. The zero-order valence-electron chi connectivity index (χ0n) is 22.4. The lowest BCUT2D eigenvalue weighted by Crippen LogP contribution is -2.39. The second-order valence-electron chi connectivity index (χ2n) is 8.36. The Kier molecular flexibility index (Phi) is 9.45. The van der Waals surface area contributed by atoms with Crippen LogP contribution in [-0.4, -0.2) is 40.7 Å². The van der Waals surface area contributed by atoms with Gasteiger partial charge in [-0.25, -0.2) is 0 Å². The molecule has 2 aromatic carbocycles. The van der Waals surface area contributed by atoms with Crippen LogP contribution in [0.4, 0.5) is 0 Å². The fourth-order valence-electron chi connectivity index (χ4n) is 4.82. The number of allylic oxidation sites excluding steroid dienone is 3. The molecule has 0 saturated carbocycles. The molecule has 0 bridgehead atoms. The molecule has 2 aliphatic heterocycles. The molecular formula is C29H37NO6S. The molecule has 8 heteroatoms. The minimum atomic E-state index is -4.11. The third-order valence-electron chi connectivity index (χ3n) is 6.47. The maximum atomic E-state index is 13.0. The second kappa shape index (κ2) is 12.3. The quantitative estimate of drug-likeness (QED) is 0.304. The lowest BCUT2D eigenvalue weighted by atomic mass is 9.83. The summed E-state index contributed by atoms with van der Waals surface area (Å²) in [6.07, 6.45) is 5.53. The number of ether oxygens (including phenoxy) is 3. The average molecular weight is 528 g/mol. The van der Waals surface area contributed by atoms with E-state index in [2.05, 4.69) is 30.2 Å². The molecule has 37 heavy (non-hydrogen) atoms. The zero-order chi connectivity index (χ0) is 27.2. The standard InChI is InChI=1S/C27H31NO6S.C2H6/c1-6-9-20(7-2)35(29,30)34-27-22-17-28-13-12-19-15-25(32-5)26(33-8-3)16-21(19)23(28)14-18(22)10-11-24(27)31-4;1-2/h6-7,9-11,15-16,23H,1-2,8,12-14,17H2,3-5H3;1-2H3/b20-9+;. The number of hydrogen-bond acceptors (Lipinski definition) is 7. The maximum absolute atomic E-state index is 13.0. The minimum Gasteiger partial charge on any atom is -0.493 e. The molecule has 0 N–H and O–H groups in total. The molecule has 0 aromatic heterocycles. The van der Waals surface area contributed by atoms with E-state index in [0.717, 1.165) is 35.6 Å². The van der Waals surface area contributed by atoms with E-state index in [0.29, 0.717) is 25.3 Å². The lowest BCUT2D eigenvalue weighted by molar-refractivity contribution is 0.158. The van der Waals surface area contributed by atoms with Crippen molar-refractivity contribution in [3.05, 3.63) is 82.8 Å². The molecule has 200 valence electrons. The van der Waals surface area contributed by atoms with Crippen LogP contribution in [0, 0.1) is 0 Å². The van der Waals surface area contributed by atoms with Gasteiger partial charge < -0.3 is 18.4 Å². The molecule has 1 atom stereocenters. The van der Waals surface area contributed by atoms with Gasteiger partial charge in [-0.1, -0.05) is 39.1 Å². The Bertz CT molecular complexity index is 1280. The van der Waals surface area contributed by atoms with Crippen LogP contribution < -0.4 is 18.4 Å². The molecule has 2 aromatic rings. The predicted molar refractivity (Wildman–Crippen MR) is 147 cm³/mol. The number of rotatable bonds is 9. The molecule has 1 unspecified atom stereocenters. The van der Waals surface area contributed by atoms with E-state index in [1.165, 1.54) is 36.5 Å². The van der Waals surface area contributed by atoms with Crippen molar-refractivity contribution in [2.24, 2.45) is 0 Å². The maximum Gasteiger partial charge on any atom is 0.339 e. The van der Waals surface area contributed by atoms with Crippen LogP contribution in [0.2, 0.25) is 0 Å². The van der Waals surface area contributed by atoms with E-state index in [4.69, 9.17) is 18.4 Å². The summed E-state index contributed by atoms with van der Waals surface area (Å²) in [6, 6.07) is 8.04. The first-order valence-electron chi connectivity index (χ1n) is 12.5. The highest BCUT2D eigenvalue weighted by Gasteiger charge is 2.36. The van der Waals surface area contributed by atoms with Gasteiger partial charge in [-0.15, -0.1) is 0 Å². The highest BCUT2D eigenvalue weighted by Crippen LogP contribution is 2.46. The average Bonchev–Trinajstić information content (AvgIpc) is 2.91. The van der Waals surface area contributed by atoms with Gasteiger partial charge in [0.15, 0.2) is 23.0 Å². The summed E-state index contributed by atoms with van der Waals surface area (Å²) in [4.78, 5) is 2.28. The normalized spacial score (nSPS) is 16.7. The number of fused-ring (bicyclic) bond motifs is 4. The Morgan fingerprint density at radius 1 is 1.08 bits per heavy atom. The Morgan fingerprint density at radius 2 is 1.81 bits per heavy atom. The summed E-state index contributed by atoms with van der Waals surface area (Å²) >= 11 is 0. The van der Waals surface area contributed by atoms with Gasteiger partial charge in [0.1, 0.15) is 4.91 Å². The van der Waals surface area contributed by atoms with Gasteiger partial charge in [0.2, 0.25) is 0 Å². The van der Waals surface area contributed by atoms with E-state index in [1.54, 1.807) is 13.2 Å². The first-order chi connectivity index (χ1) is 17.9. The van der Waals surface area contributed by atoms with E-state index in [-0.39, 0.29) is 16.7 Å². The van der Waals surface area contributed by atoms with Crippen LogP contribution >= 0.6 is 0 Å². The summed E-state index contributed by atoms with van der Waals surface area (Å²) in [5, 5.41) is 0. The van der Waals surface area contributed by atoms with Crippen LogP contribution in [0.3, 0.4) is 0 Å². The van der Waals surface area contributed by atoms with Crippen molar-refractivity contribution >= 4 is 10.1 Å². The molecule has 0 amide bonds. The molecular weight excluding hydrogens is 490 g/mol. The van der Waals surface area contributed by atoms with Gasteiger partial charge in [-0.2, -0.15) is 8.42 Å². The van der Waals surface area contributed by atoms with Crippen LogP contribution in [-0.2, 0) is 29.5 Å². The Hall–Kier alpha value is -3.23. The first kappa shape index (κ1) is 28.3. The Morgan fingerprint density at radius 3 is 2.43 bits per heavy atom. The molecule has 2 aliphatic rings. The van der Waals surface area contributed by atoms with E-state index >= 15 is 0 Å². The highest BCUT2D eigenvalue weighted by atomic mass is 32.2. The van der Waals surface area contributed by atoms with Crippen molar-refractivity contribution in [3.63, 3.8) is 0 Å². The fourth-order valence-corrected chi connectivity index (χ4v) is 5.79. The lowest BCUT2D eigenvalue weighted by Gasteiger charge is -2.42. The number of benzene rings is 2. The van der Waals surface area contributed by atoms with Crippen molar-refractivity contribution < 1.29 is 26.8 Å². The van der Waals surface area contributed by atoms with Crippen LogP contribution in [0.1, 0.15) is 49.1 Å². The topological polar surface area (TPSA) is 74.3 Å². The summed E-state index contributed by atoms with van der Waals surface area (Å²) in [6.45, 7) is 15.0. The number of nitrogens with zero attached hydrogens (tertiary/aromatic N) is 1. The molecule has 0 fully saturated rings. The van der Waals surface area contributed by atoms with Gasteiger partial charge in [0, 0.05) is 24.7 Å². The smallest absolute Gasteiger partial charge is 0.339 e. The van der Waals surface area contributed by atoms with E-state index < -0.39 is 10.1 Å². The van der Waals surface area contributed by atoms with Crippen molar-refractivity contribution in [1.82, 2.24) is 4.90 Å². The van der Waals surface area contributed by atoms with E-state index in [1.807, 2.05) is 26.8 Å². The summed E-state index contributed by atoms with van der Waals surface area (Å²) < 4.78 is 48.5. The molecule has 2 heterocycles. The van der Waals surface area contributed by atoms with Crippen molar-refractivity contribution in [1.29, 1.82) is 0 Å². The zero-order valence-corrected chi connectivity index (χ0v) is 23.2. The summed E-state index contributed by atoms with van der Waals surface area (Å²) in [5.41, 5.74) is 4.28. The van der Waals surface area contributed by atoms with Crippen LogP contribution in [0.15, 0.2) is 60.6 Å². The second-order valence-corrected chi connectivity index (χ2v) is 9.90. The fraction of sp³-hybridized carbons (Fsp3) is 0.379. The largest absolute Gasteiger partial charge is 0.493 e. The van der Waals surface area contributed by atoms with Crippen molar-refractivity contribution in [2.45, 2.75) is 46.2 Å². The monoisotopic (exact) mass is 527 g/mol. The third kappa shape index (κ3) is 5.70. The summed E-state index contributed by atoms with van der Waals surface area (Å²) in [5.74, 6) is 2.06. The van der Waals surface area contributed by atoms with E-state index in [9.17, 15) is 8.42 Å². The van der Waals surface area contributed by atoms with Gasteiger partial charge in [0.05, 0.1) is 20.8 Å². The molecule has 0 radical (unpaired) electrons. The first-order valence-corrected chi connectivity index (χ1v) is 13.9. The third-order valence-corrected chi connectivity index (χ3v) is 7.74. The molecule has 7 nitrogen and oxygen atoms in total. The van der Waals surface area contributed by atoms with Crippen molar-refractivity contribution in [3.8, 4) is 23.0 Å². The molecule has 0 aliphatic carbocycles. The molecule has 0 spiro atoms. The predicted octanol–water partition coefficient (Wildman–Crippen LogP) is 5.75. The Balaban J connectivity index is 0.00000186. The number of methoxy groups -OCH3 is 2. The van der Waals surface area contributed by atoms with Gasteiger partial charge in [-0.3, -0.25) is 4.90 Å². The number of hydrogen-bond donors (Lipinski definition) is 0. The Labute approximate surface area is 221 Å². The minimum absolute atomic E-state index is 0.0647. The SMILES string of the molecule is C=C/C=C(\C=C)S(=O)(=O)Oc1c(OC)ccc2c1CN1CCc3cc(OC)c(OCC)cc3C1C2.CC. The van der Waals surface area contributed by atoms with Gasteiger partial charge >= 0.3 is 10.1 Å². The van der Waals surface area contributed by atoms with Crippen LogP contribution in [0.25, 0.3) is 0 Å². The van der Waals surface area contributed by atoms with Gasteiger partial charge in [0.25, 0.3) is 0 Å².